The van der Waals surface area contributed by atoms with Gasteiger partial charge in [0.05, 0.1) is 11.7 Å². The van der Waals surface area contributed by atoms with E-state index in [0.29, 0.717) is 11.7 Å². The Morgan fingerprint density at radius 1 is 1.15 bits per heavy atom. The van der Waals surface area contributed by atoms with Crippen molar-refractivity contribution in [2.24, 2.45) is 5.73 Å². The number of hydrogen-bond acceptors (Lipinski definition) is 5. The molecule has 0 unspecified atom stereocenters. The molecule has 1 aromatic heterocycles. The van der Waals surface area contributed by atoms with Gasteiger partial charge in [-0.05, 0) is 24.6 Å². The minimum Gasteiger partial charge on any atom is -0.487 e. The fourth-order valence-electron chi connectivity index (χ4n) is 2.36. The second kappa shape index (κ2) is 8.60. The highest BCUT2D eigenvalue weighted by molar-refractivity contribution is 7.15. The molecule has 3 N–H and O–H groups in total. The Morgan fingerprint density at radius 2 is 1.81 bits per heavy atom. The summed E-state index contributed by atoms with van der Waals surface area (Å²) in [5.74, 6) is 0.535. The molecule has 0 aliphatic heterocycles. The van der Waals surface area contributed by atoms with E-state index in [1.54, 1.807) is 6.92 Å². The Morgan fingerprint density at radius 3 is 2.46 bits per heavy atom. The number of hydrogen-bond donors (Lipinski definition) is 2. The van der Waals surface area contributed by atoms with E-state index in [0.717, 1.165) is 22.7 Å². The van der Waals surface area contributed by atoms with Crippen LogP contribution in [-0.4, -0.2) is 16.9 Å². The van der Waals surface area contributed by atoms with E-state index in [4.69, 9.17) is 10.5 Å². The number of aromatic nitrogens is 1. The van der Waals surface area contributed by atoms with Crippen LogP contribution in [0.4, 0.5) is 5.13 Å². The number of benzene rings is 2. The van der Waals surface area contributed by atoms with E-state index >= 15 is 0 Å². The van der Waals surface area contributed by atoms with Crippen molar-refractivity contribution in [1.82, 2.24) is 4.98 Å². The van der Waals surface area contributed by atoms with Gasteiger partial charge in [0.25, 0.3) is 0 Å². The van der Waals surface area contributed by atoms with Crippen molar-refractivity contribution in [3.8, 4) is 5.75 Å². The molecule has 0 radical (unpaired) electrons. The van der Waals surface area contributed by atoms with Gasteiger partial charge in [0.1, 0.15) is 12.4 Å². The van der Waals surface area contributed by atoms with Crippen molar-refractivity contribution in [2.45, 2.75) is 26.0 Å². The summed E-state index contributed by atoms with van der Waals surface area (Å²) in [6.07, 6.45) is 0.736. The zero-order valence-corrected chi connectivity index (χ0v) is 15.3. The first-order chi connectivity index (χ1) is 12.6. The number of nitrogens with one attached hydrogen (secondary N) is 1. The fourth-order valence-corrected chi connectivity index (χ4v) is 3.36. The predicted octanol–water partition coefficient (Wildman–Crippen LogP) is 3.60. The maximum atomic E-state index is 11.9. The summed E-state index contributed by atoms with van der Waals surface area (Å²) in [5, 5.41) is 3.32. The van der Waals surface area contributed by atoms with Gasteiger partial charge < -0.3 is 15.8 Å². The van der Waals surface area contributed by atoms with Crippen LogP contribution in [0.25, 0.3) is 0 Å². The Balaban J connectivity index is 1.79. The number of nitrogens with zero attached hydrogens (tertiary/aromatic N) is 1. The van der Waals surface area contributed by atoms with Crippen molar-refractivity contribution >= 4 is 22.4 Å². The summed E-state index contributed by atoms with van der Waals surface area (Å²) in [6.45, 7) is 1.99. The van der Waals surface area contributed by atoms with Gasteiger partial charge in [-0.3, -0.25) is 4.79 Å². The molecule has 0 saturated heterocycles. The number of nitrogens with two attached hydrogens (primary N) is 1. The van der Waals surface area contributed by atoms with Crippen LogP contribution in [0.15, 0.2) is 60.7 Å². The SMILES string of the molecule is C[C@H](N)C(=O)Nc1nc(COc2ccccc2)c(Cc2ccccc2)s1. The molecule has 134 valence electrons. The molecule has 6 heteroatoms. The number of thiazole rings is 1. The molecule has 0 aliphatic rings. The van der Waals surface area contributed by atoms with Crippen molar-refractivity contribution < 1.29 is 9.53 Å². The second-order valence-electron chi connectivity index (χ2n) is 5.93. The van der Waals surface area contributed by atoms with E-state index in [1.165, 1.54) is 16.9 Å². The maximum Gasteiger partial charge on any atom is 0.242 e. The number of ether oxygens (including phenoxy) is 1. The summed E-state index contributed by atoms with van der Waals surface area (Å²) in [4.78, 5) is 17.5. The molecule has 1 heterocycles. The van der Waals surface area contributed by atoms with Gasteiger partial charge in [0.15, 0.2) is 5.13 Å². The highest BCUT2D eigenvalue weighted by Gasteiger charge is 2.16. The van der Waals surface area contributed by atoms with E-state index in [-0.39, 0.29) is 5.91 Å². The first-order valence-electron chi connectivity index (χ1n) is 8.38. The standard InChI is InChI=1S/C20H21N3O2S/c1-14(21)19(24)23-20-22-17(13-25-16-10-6-3-7-11-16)18(26-20)12-15-8-4-2-5-9-15/h2-11,14H,12-13,21H2,1H3,(H,22,23,24)/t14-/m0/s1. The van der Waals surface area contributed by atoms with Crippen LogP contribution in [0.3, 0.4) is 0 Å². The Bertz CT molecular complexity index is 848. The van der Waals surface area contributed by atoms with Crippen LogP contribution in [0.5, 0.6) is 5.75 Å². The van der Waals surface area contributed by atoms with E-state index in [9.17, 15) is 4.79 Å². The van der Waals surface area contributed by atoms with E-state index in [2.05, 4.69) is 22.4 Å². The fraction of sp³-hybridized carbons (Fsp3) is 0.200. The second-order valence-corrected chi connectivity index (χ2v) is 7.01. The molecule has 0 saturated carbocycles. The number of amides is 1. The van der Waals surface area contributed by atoms with Gasteiger partial charge in [0.2, 0.25) is 5.91 Å². The van der Waals surface area contributed by atoms with E-state index < -0.39 is 6.04 Å². The topological polar surface area (TPSA) is 77.2 Å². The quantitative estimate of drug-likeness (QED) is 0.669. The molecule has 0 bridgehead atoms. The first-order valence-corrected chi connectivity index (χ1v) is 9.20. The predicted molar refractivity (Wildman–Crippen MR) is 104 cm³/mol. The molecule has 0 fully saturated rings. The van der Waals surface area contributed by atoms with E-state index in [1.807, 2.05) is 48.5 Å². The summed E-state index contributed by atoms with van der Waals surface area (Å²) >= 11 is 1.46. The Labute approximate surface area is 156 Å². The molecule has 3 rings (SSSR count). The van der Waals surface area contributed by atoms with Gasteiger partial charge >= 0.3 is 0 Å². The lowest BCUT2D eigenvalue weighted by molar-refractivity contribution is -0.117. The molecule has 1 amide bonds. The molecule has 0 spiro atoms. The molecule has 3 aromatic rings. The van der Waals surface area contributed by atoms with Crippen molar-refractivity contribution in [2.75, 3.05) is 5.32 Å². The molecule has 26 heavy (non-hydrogen) atoms. The molecule has 2 aromatic carbocycles. The smallest absolute Gasteiger partial charge is 0.242 e. The third kappa shape index (κ3) is 4.91. The van der Waals surface area contributed by atoms with Gasteiger partial charge in [0, 0.05) is 11.3 Å². The van der Waals surface area contributed by atoms with Crippen LogP contribution in [0, 0.1) is 0 Å². The minimum absolute atomic E-state index is 0.250. The van der Waals surface area contributed by atoms with Crippen LogP contribution in [-0.2, 0) is 17.8 Å². The zero-order chi connectivity index (χ0) is 18.4. The third-order valence-corrected chi connectivity index (χ3v) is 4.76. The van der Waals surface area contributed by atoms with Crippen molar-refractivity contribution in [3.05, 3.63) is 76.8 Å². The molecule has 5 nitrogen and oxygen atoms in total. The number of carbonyl (C=O) groups excluding carboxylic acids is 1. The van der Waals surface area contributed by atoms with Crippen LogP contribution in [0.1, 0.15) is 23.1 Å². The average molecular weight is 367 g/mol. The van der Waals surface area contributed by atoms with Gasteiger partial charge in [-0.2, -0.15) is 0 Å². The monoisotopic (exact) mass is 367 g/mol. The summed E-state index contributed by atoms with van der Waals surface area (Å²) in [6, 6.07) is 19.2. The third-order valence-electron chi connectivity index (χ3n) is 3.75. The maximum absolute atomic E-state index is 11.9. The first kappa shape index (κ1) is 18.1. The summed E-state index contributed by atoms with van der Waals surface area (Å²) in [7, 11) is 0. The molecule has 1 atom stereocenters. The average Bonchev–Trinajstić information content (AvgIpc) is 3.02. The zero-order valence-electron chi connectivity index (χ0n) is 14.5. The van der Waals surface area contributed by atoms with Crippen LogP contribution >= 0.6 is 11.3 Å². The summed E-state index contributed by atoms with van der Waals surface area (Å²) in [5.41, 5.74) is 7.63. The molecular formula is C20H21N3O2S. The lowest BCUT2D eigenvalue weighted by atomic mass is 10.1. The Hall–Kier alpha value is -2.70. The number of rotatable bonds is 7. The highest BCUT2D eigenvalue weighted by atomic mass is 32.1. The normalized spacial score (nSPS) is 11.8. The lowest BCUT2D eigenvalue weighted by Crippen LogP contribution is -2.32. The molecular weight excluding hydrogens is 346 g/mol. The van der Waals surface area contributed by atoms with Crippen molar-refractivity contribution in [1.29, 1.82) is 0 Å². The van der Waals surface area contributed by atoms with Crippen LogP contribution < -0.4 is 15.8 Å². The number of carbonyl (C=O) groups is 1. The van der Waals surface area contributed by atoms with Gasteiger partial charge in [-0.1, -0.05) is 48.5 Å². The Kier molecular flexibility index (Phi) is 5.99. The minimum atomic E-state index is -0.583. The van der Waals surface area contributed by atoms with Gasteiger partial charge in [-0.25, -0.2) is 4.98 Å². The van der Waals surface area contributed by atoms with Gasteiger partial charge in [-0.15, -0.1) is 11.3 Å². The lowest BCUT2D eigenvalue weighted by Gasteiger charge is -2.06. The number of para-hydroxylation sites is 1. The number of anilines is 1. The highest BCUT2D eigenvalue weighted by Crippen LogP contribution is 2.27. The molecule has 0 aliphatic carbocycles. The summed E-state index contributed by atoms with van der Waals surface area (Å²) < 4.78 is 5.84. The van der Waals surface area contributed by atoms with Crippen LogP contribution in [0.2, 0.25) is 0 Å². The largest absolute Gasteiger partial charge is 0.487 e. The van der Waals surface area contributed by atoms with Crippen molar-refractivity contribution in [3.63, 3.8) is 0 Å².